The van der Waals surface area contributed by atoms with Crippen molar-refractivity contribution in [2.24, 2.45) is 0 Å². The van der Waals surface area contributed by atoms with Crippen LogP contribution in [-0.4, -0.2) is 14.9 Å². The van der Waals surface area contributed by atoms with Gasteiger partial charge in [0.15, 0.2) is 16.2 Å². The molecule has 0 unspecified atom stereocenters. The third kappa shape index (κ3) is 2.38. The largest absolute Gasteiger partial charge is 0.423 e. The average Bonchev–Trinajstić information content (AvgIpc) is 3.08. The number of nitrogens with zero attached hydrogens (tertiary/aromatic N) is 3. The van der Waals surface area contributed by atoms with E-state index in [2.05, 4.69) is 15.3 Å². The summed E-state index contributed by atoms with van der Waals surface area (Å²) in [5, 5.41) is 14.6. The fourth-order valence-corrected chi connectivity index (χ4v) is 3.33. The molecular weight excluding hydrogens is 316 g/mol. The molecule has 2 heterocycles. The van der Waals surface area contributed by atoms with Crippen molar-refractivity contribution < 1.29 is 9.34 Å². The molecule has 0 saturated carbocycles. The molecule has 7 nitrogen and oxygen atoms in total. The van der Waals surface area contributed by atoms with Crippen molar-refractivity contribution in [3.05, 3.63) is 52.1 Å². The quantitative estimate of drug-likeness (QED) is 0.443. The molecule has 0 aliphatic rings. The van der Waals surface area contributed by atoms with Crippen LogP contribution < -0.4 is 5.32 Å². The zero-order chi connectivity index (χ0) is 16.0. The van der Waals surface area contributed by atoms with Crippen LogP contribution in [0.25, 0.3) is 21.3 Å². The van der Waals surface area contributed by atoms with E-state index in [4.69, 9.17) is 4.42 Å². The number of thiazole rings is 1. The van der Waals surface area contributed by atoms with E-state index in [1.54, 1.807) is 0 Å². The molecule has 23 heavy (non-hydrogen) atoms. The van der Waals surface area contributed by atoms with E-state index in [1.807, 2.05) is 37.3 Å². The first kappa shape index (κ1) is 13.6. The van der Waals surface area contributed by atoms with Gasteiger partial charge in [0.2, 0.25) is 0 Å². The first-order valence-corrected chi connectivity index (χ1v) is 7.60. The van der Waals surface area contributed by atoms with Gasteiger partial charge in [0.25, 0.3) is 5.69 Å². The molecule has 114 valence electrons. The number of nitro groups is 1. The van der Waals surface area contributed by atoms with Crippen molar-refractivity contribution in [3.8, 4) is 0 Å². The lowest BCUT2D eigenvalue weighted by Crippen LogP contribution is -1.91. The van der Waals surface area contributed by atoms with Crippen molar-refractivity contribution in [2.75, 3.05) is 5.32 Å². The van der Waals surface area contributed by atoms with E-state index in [1.165, 1.54) is 17.4 Å². The second-order valence-corrected chi connectivity index (χ2v) is 6.05. The first-order chi connectivity index (χ1) is 11.1. The number of para-hydroxylation sites is 2. The summed E-state index contributed by atoms with van der Waals surface area (Å²) in [6.45, 7) is 1.82. The van der Waals surface area contributed by atoms with Crippen molar-refractivity contribution in [3.63, 3.8) is 0 Å². The van der Waals surface area contributed by atoms with Crippen molar-refractivity contribution >= 4 is 49.5 Å². The number of nitrogens with one attached hydrogen (secondary N) is 1. The Balaban J connectivity index is 1.77. The molecule has 0 aliphatic carbocycles. The van der Waals surface area contributed by atoms with Gasteiger partial charge < -0.3 is 4.42 Å². The Morgan fingerprint density at radius 2 is 2.09 bits per heavy atom. The molecule has 2 aromatic heterocycles. The van der Waals surface area contributed by atoms with E-state index in [9.17, 15) is 10.1 Å². The summed E-state index contributed by atoms with van der Waals surface area (Å²) in [5.74, 6) is 0. The number of rotatable bonds is 3. The number of fused-ring (bicyclic) bond motifs is 2. The monoisotopic (exact) mass is 326 g/mol. The van der Waals surface area contributed by atoms with Gasteiger partial charge in [-0.05, 0) is 30.7 Å². The Morgan fingerprint density at radius 3 is 2.87 bits per heavy atom. The topological polar surface area (TPSA) is 94.1 Å². The number of oxazole rings is 1. The number of aromatic nitrogens is 2. The molecule has 4 aromatic rings. The van der Waals surface area contributed by atoms with Crippen molar-refractivity contribution in [2.45, 2.75) is 6.92 Å². The molecule has 0 aliphatic heterocycles. The molecule has 2 aromatic carbocycles. The van der Waals surface area contributed by atoms with Crippen LogP contribution in [0, 0.1) is 17.0 Å². The van der Waals surface area contributed by atoms with Gasteiger partial charge in [-0.25, -0.2) is 4.98 Å². The SMILES string of the molecule is Cc1cc([N+](=O)[O-])c2nc(Nc3nc4ccccc4o3)sc2c1. The Labute approximate surface area is 133 Å². The highest BCUT2D eigenvalue weighted by Crippen LogP contribution is 2.34. The minimum atomic E-state index is -0.418. The van der Waals surface area contributed by atoms with Crippen molar-refractivity contribution in [1.29, 1.82) is 0 Å². The molecular formula is C15H10N4O3S. The number of aryl methyl sites for hydroxylation is 1. The van der Waals surface area contributed by atoms with Gasteiger partial charge in [-0.1, -0.05) is 23.5 Å². The summed E-state index contributed by atoms with van der Waals surface area (Å²) < 4.78 is 6.33. The van der Waals surface area contributed by atoms with Gasteiger partial charge >= 0.3 is 6.01 Å². The number of non-ortho nitro benzene ring substituents is 1. The van der Waals surface area contributed by atoms with Crippen LogP contribution in [-0.2, 0) is 0 Å². The van der Waals surface area contributed by atoms with Gasteiger partial charge in [-0.2, -0.15) is 4.98 Å². The maximum atomic E-state index is 11.2. The number of benzene rings is 2. The summed E-state index contributed by atoms with van der Waals surface area (Å²) in [5.41, 5.74) is 2.59. The zero-order valence-electron chi connectivity index (χ0n) is 11.9. The smallest absolute Gasteiger partial charge is 0.302 e. The number of anilines is 2. The Hall–Kier alpha value is -3.00. The second-order valence-electron chi connectivity index (χ2n) is 5.02. The lowest BCUT2D eigenvalue weighted by molar-refractivity contribution is -0.383. The van der Waals surface area contributed by atoms with Gasteiger partial charge in [0, 0.05) is 6.07 Å². The summed E-state index contributed by atoms with van der Waals surface area (Å²) >= 11 is 1.32. The van der Waals surface area contributed by atoms with E-state index in [0.29, 0.717) is 22.2 Å². The molecule has 0 fully saturated rings. The van der Waals surface area contributed by atoms with Gasteiger partial charge in [-0.3, -0.25) is 15.4 Å². The average molecular weight is 326 g/mol. The minimum absolute atomic E-state index is 0.00173. The standard InChI is InChI=1S/C15H10N4O3S/c1-8-6-10(19(20)21)13-12(7-8)23-15(17-13)18-14-16-9-4-2-3-5-11(9)22-14/h2-7H,1H3,(H,16,17,18). The molecule has 0 saturated heterocycles. The Kier molecular flexibility index (Phi) is 2.98. The van der Waals surface area contributed by atoms with E-state index >= 15 is 0 Å². The zero-order valence-corrected chi connectivity index (χ0v) is 12.8. The molecule has 0 atom stereocenters. The predicted octanol–water partition coefficient (Wildman–Crippen LogP) is 4.40. The van der Waals surface area contributed by atoms with Gasteiger partial charge in [0.05, 0.1) is 9.62 Å². The van der Waals surface area contributed by atoms with Crippen molar-refractivity contribution in [1.82, 2.24) is 9.97 Å². The van der Waals surface area contributed by atoms with Crippen LogP contribution in [0.5, 0.6) is 0 Å². The van der Waals surface area contributed by atoms with E-state index in [-0.39, 0.29) is 5.69 Å². The summed E-state index contributed by atoms with van der Waals surface area (Å²) in [6, 6.07) is 11.1. The highest BCUT2D eigenvalue weighted by molar-refractivity contribution is 7.22. The van der Waals surface area contributed by atoms with E-state index < -0.39 is 4.92 Å². The molecule has 4 rings (SSSR count). The van der Waals surface area contributed by atoms with Gasteiger partial charge in [-0.15, -0.1) is 0 Å². The fourth-order valence-electron chi connectivity index (χ4n) is 2.36. The molecule has 8 heteroatoms. The lowest BCUT2D eigenvalue weighted by atomic mass is 10.2. The van der Waals surface area contributed by atoms with Crippen LogP contribution in [0.15, 0.2) is 40.8 Å². The third-order valence-corrected chi connectivity index (χ3v) is 4.24. The van der Waals surface area contributed by atoms with Crippen LogP contribution >= 0.6 is 11.3 Å². The maximum Gasteiger partial charge on any atom is 0.302 e. The molecule has 0 radical (unpaired) electrons. The third-order valence-electron chi connectivity index (χ3n) is 3.32. The van der Waals surface area contributed by atoms with Crippen LogP contribution in [0.1, 0.15) is 5.56 Å². The lowest BCUT2D eigenvalue weighted by Gasteiger charge is -1.94. The summed E-state index contributed by atoms with van der Waals surface area (Å²) in [7, 11) is 0. The molecule has 0 amide bonds. The molecule has 1 N–H and O–H groups in total. The number of nitro benzene ring substituents is 1. The summed E-state index contributed by atoms with van der Waals surface area (Å²) in [6.07, 6.45) is 0. The maximum absolute atomic E-state index is 11.2. The summed E-state index contributed by atoms with van der Waals surface area (Å²) in [4.78, 5) is 19.4. The number of hydrogen-bond donors (Lipinski definition) is 1. The second kappa shape index (κ2) is 5.03. The minimum Gasteiger partial charge on any atom is -0.423 e. The highest BCUT2D eigenvalue weighted by atomic mass is 32.1. The number of hydrogen-bond acceptors (Lipinski definition) is 7. The van der Waals surface area contributed by atoms with E-state index in [0.717, 1.165) is 15.8 Å². The Morgan fingerprint density at radius 1 is 1.26 bits per heavy atom. The van der Waals surface area contributed by atoms with Crippen LogP contribution in [0.4, 0.5) is 16.8 Å². The van der Waals surface area contributed by atoms with Crippen LogP contribution in [0.2, 0.25) is 0 Å². The fraction of sp³-hybridized carbons (Fsp3) is 0.0667. The molecule has 0 spiro atoms. The Bertz CT molecular complexity index is 1020. The molecule has 0 bridgehead atoms. The normalized spacial score (nSPS) is 11.2. The first-order valence-electron chi connectivity index (χ1n) is 6.78. The van der Waals surface area contributed by atoms with Crippen LogP contribution in [0.3, 0.4) is 0 Å². The predicted molar refractivity (Wildman–Crippen MR) is 88.3 cm³/mol. The highest BCUT2D eigenvalue weighted by Gasteiger charge is 2.18. The van der Waals surface area contributed by atoms with Gasteiger partial charge in [0.1, 0.15) is 5.52 Å².